The van der Waals surface area contributed by atoms with Crippen LogP contribution in [0.3, 0.4) is 0 Å². The van der Waals surface area contributed by atoms with Crippen LogP contribution in [0.4, 0.5) is 5.95 Å². The predicted octanol–water partition coefficient (Wildman–Crippen LogP) is -0.334. The Kier molecular flexibility index (Phi) is 2.39. The molecule has 0 saturated carbocycles. The molecular formula is C8H14N4O2. The molecule has 1 aliphatic rings. The fraction of sp³-hybridized carbons (Fsp3) is 0.750. The van der Waals surface area contributed by atoms with E-state index in [9.17, 15) is 0 Å². The maximum Gasteiger partial charge on any atom is 0.239 e. The summed E-state index contributed by atoms with van der Waals surface area (Å²) in [5.41, 5.74) is 5.16. The predicted molar refractivity (Wildman–Crippen MR) is 49.6 cm³/mol. The van der Waals surface area contributed by atoms with Crippen molar-refractivity contribution in [2.75, 3.05) is 26.1 Å². The molecule has 14 heavy (non-hydrogen) atoms. The van der Waals surface area contributed by atoms with E-state index in [2.05, 4.69) is 10.1 Å². The minimum absolute atomic E-state index is 0.264. The maximum absolute atomic E-state index is 5.46. The molecule has 0 spiro atoms. The van der Waals surface area contributed by atoms with Crippen molar-refractivity contribution in [3.8, 4) is 0 Å². The van der Waals surface area contributed by atoms with Crippen LogP contribution in [-0.4, -0.2) is 40.7 Å². The summed E-state index contributed by atoms with van der Waals surface area (Å²) in [6.07, 6.45) is 2.48. The topological polar surface area (TPSA) is 75.2 Å². The van der Waals surface area contributed by atoms with E-state index < -0.39 is 0 Å². The van der Waals surface area contributed by atoms with Crippen molar-refractivity contribution in [3.05, 3.63) is 6.33 Å². The number of nitrogen functional groups attached to an aromatic ring is 1. The van der Waals surface area contributed by atoms with Gasteiger partial charge in [-0.05, 0) is 0 Å². The zero-order valence-corrected chi connectivity index (χ0v) is 8.14. The van der Waals surface area contributed by atoms with E-state index in [1.54, 1.807) is 18.1 Å². The summed E-state index contributed by atoms with van der Waals surface area (Å²) >= 11 is 0. The first kappa shape index (κ1) is 9.42. The molecule has 1 unspecified atom stereocenters. The Morgan fingerprint density at radius 2 is 2.64 bits per heavy atom. The van der Waals surface area contributed by atoms with Gasteiger partial charge < -0.3 is 15.2 Å². The third-order valence-corrected chi connectivity index (χ3v) is 2.50. The minimum Gasteiger partial charge on any atom is -0.378 e. The van der Waals surface area contributed by atoms with Crippen molar-refractivity contribution in [2.24, 2.45) is 0 Å². The summed E-state index contributed by atoms with van der Waals surface area (Å²) in [6.45, 7) is 1.97. The molecule has 1 aromatic heterocycles. The Hall–Kier alpha value is -1.14. The summed E-state index contributed by atoms with van der Waals surface area (Å²) in [6, 6.07) is 0. The Labute approximate surface area is 82.0 Å². The van der Waals surface area contributed by atoms with Crippen LogP contribution >= 0.6 is 0 Å². The SMILES string of the molecule is COC1(Cn2cnc(N)n2)CCOC1. The minimum atomic E-state index is -0.264. The van der Waals surface area contributed by atoms with E-state index in [4.69, 9.17) is 15.2 Å². The first-order valence-electron chi connectivity index (χ1n) is 4.52. The number of anilines is 1. The van der Waals surface area contributed by atoms with Crippen LogP contribution in [0.2, 0.25) is 0 Å². The number of hydrogen-bond donors (Lipinski definition) is 1. The van der Waals surface area contributed by atoms with Crippen LogP contribution in [0, 0.1) is 0 Å². The van der Waals surface area contributed by atoms with E-state index in [0.29, 0.717) is 13.2 Å². The normalized spacial score (nSPS) is 26.9. The van der Waals surface area contributed by atoms with Gasteiger partial charge in [0.2, 0.25) is 5.95 Å². The molecule has 2 rings (SSSR count). The van der Waals surface area contributed by atoms with E-state index >= 15 is 0 Å². The third-order valence-electron chi connectivity index (χ3n) is 2.50. The molecule has 1 aliphatic heterocycles. The van der Waals surface area contributed by atoms with Crippen molar-refractivity contribution >= 4 is 5.95 Å². The fourth-order valence-electron chi connectivity index (χ4n) is 1.62. The van der Waals surface area contributed by atoms with E-state index in [1.165, 1.54) is 0 Å². The molecule has 2 heterocycles. The van der Waals surface area contributed by atoms with Crippen LogP contribution in [0.15, 0.2) is 6.33 Å². The number of methoxy groups -OCH3 is 1. The first-order chi connectivity index (χ1) is 6.74. The zero-order valence-electron chi connectivity index (χ0n) is 8.14. The highest BCUT2D eigenvalue weighted by molar-refractivity contribution is 5.09. The van der Waals surface area contributed by atoms with Gasteiger partial charge in [0.05, 0.1) is 13.2 Å². The van der Waals surface area contributed by atoms with Crippen LogP contribution < -0.4 is 5.73 Å². The Morgan fingerprint density at radius 1 is 1.79 bits per heavy atom. The number of hydrogen-bond acceptors (Lipinski definition) is 5. The van der Waals surface area contributed by atoms with Crippen molar-refractivity contribution < 1.29 is 9.47 Å². The van der Waals surface area contributed by atoms with Gasteiger partial charge in [-0.15, -0.1) is 5.10 Å². The smallest absolute Gasteiger partial charge is 0.239 e. The lowest BCUT2D eigenvalue weighted by Crippen LogP contribution is -2.37. The Balaban J connectivity index is 2.08. The number of aromatic nitrogens is 3. The quantitative estimate of drug-likeness (QED) is 0.719. The van der Waals surface area contributed by atoms with Crippen LogP contribution in [0.5, 0.6) is 0 Å². The van der Waals surface area contributed by atoms with Gasteiger partial charge in [-0.3, -0.25) is 0 Å². The molecule has 6 nitrogen and oxygen atoms in total. The van der Waals surface area contributed by atoms with Crippen LogP contribution in [-0.2, 0) is 16.0 Å². The largest absolute Gasteiger partial charge is 0.378 e. The van der Waals surface area contributed by atoms with Crippen molar-refractivity contribution in [3.63, 3.8) is 0 Å². The highest BCUT2D eigenvalue weighted by Gasteiger charge is 2.35. The molecular weight excluding hydrogens is 184 g/mol. The summed E-state index contributed by atoms with van der Waals surface area (Å²) in [5.74, 6) is 0.287. The number of nitrogens with zero attached hydrogens (tertiary/aromatic N) is 3. The van der Waals surface area contributed by atoms with Crippen molar-refractivity contribution in [2.45, 2.75) is 18.6 Å². The second kappa shape index (κ2) is 3.55. The summed E-state index contributed by atoms with van der Waals surface area (Å²) < 4.78 is 12.5. The van der Waals surface area contributed by atoms with E-state index in [-0.39, 0.29) is 11.5 Å². The molecule has 0 aromatic carbocycles. The average molecular weight is 198 g/mol. The Morgan fingerprint density at radius 3 is 3.14 bits per heavy atom. The lowest BCUT2D eigenvalue weighted by molar-refractivity contribution is -0.0318. The highest BCUT2D eigenvalue weighted by atomic mass is 16.5. The highest BCUT2D eigenvalue weighted by Crippen LogP contribution is 2.24. The summed E-state index contributed by atoms with van der Waals surface area (Å²) in [7, 11) is 1.69. The van der Waals surface area contributed by atoms with Crippen LogP contribution in [0.1, 0.15) is 6.42 Å². The molecule has 1 aromatic rings. The van der Waals surface area contributed by atoms with Gasteiger partial charge in [0.15, 0.2) is 0 Å². The lowest BCUT2D eigenvalue weighted by atomic mass is 10.0. The monoisotopic (exact) mass is 198 g/mol. The average Bonchev–Trinajstić information content (AvgIpc) is 2.77. The molecule has 78 valence electrons. The number of ether oxygens (including phenoxy) is 2. The van der Waals surface area contributed by atoms with Gasteiger partial charge >= 0.3 is 0 Å². The molecule has 1 saturated heterocycles. The van der Waals surface area contributed by atoms with E-state index in [0.717, 1.165) is 13.0 Å². The van der Waals surface area contributed by atoms with Gasteiger partial charge in [0.1, 0.15) is 11.9 Å². The van der Waals surface area contributed by atoms with Crippen molar-refractivity contribution in [1.29, 1.82) is 0 Å². The first-order valence-corrected chi connectivity index (χ1v) is 4.52. The van der Waals surface area contributed by atoms with Gasteiger partial charge in [-0.1, -0.05) is 0 Å². The second-order valence-electron chi connectivity index (χ2n) is 3.49. The number of rotatable bonds is 3. The second-order valence-corrected chi connectivity index (χ2v) is 3.49. The van der Waals surface area contributed by atoms with Gasteiger partial charge in [-0.25, -0.2) is 9.67 Å². The maximum atomic E-state index is 5.46. The van der Waals surface area contributed by atoms with Gasteiger partial charge in [-0.2, -0.15) is 0 Å². The van der Waals surface area contributed by atoms with Crippen molar-refractivity contribution in [1.82, 2.24) is 14.8 Å². The number of nitrogens with two attached hydrogens (primary N) is 1. The molecule has 2 N–H and O–H groups in total. The molecule has 0 bridgehead atoms. The van der Waals surface area contributed by atoms with E-state index in [1.807, 2.05) is 0 Å². The summed E-state index contributed by atoms with van der Waals surface area (Å²) in [5, 5.41) is 4.01. The fourth-order valence-corrected chi connectivity index (χ4v) is 1.62. The van der Waals surface area contributed by atoms with Crippen LogP contribution in [0.25, 0.3) is 0 Å². The van der Waals surface area contributed by atoms with Gasteiger partial charge in [0, 0.05) is 20.1 Å². The molecule has 1 fully saturated rings. The summed E-state index contributed by atoms with van der Waals surface area (Å²) in [4.78, 5) is 3.86. The molecule has 1 atom stereocenters. The van der Waals surface area contributed by atoms with Gasteiger partial charge in [0.25, 0.3) is 0 Å². The lowest BCUT2D eigenvalue weighted by Gasteiger charge is -2.24. The third kappa shape index (κ3) is 1.71. The molecule has 0 radical (unpaired) electrons. The molecule has 0 amide bonds. The standard InChI is InChI=1S/C8H14N4O2/c1-13-8(2-3-14-5-8)4-12-6-10-7(9)11-12/h6H,2-5H2,1H3,(H2,9,11). The molecule has 0 aliphatic carbocycles. The molecule has 6 heteroatoms. The zero-order chi connectivity index (χ0) is 10.0. The Bertz CT molecular complexity index is 306.